The second kappa shape index (κ2) is 5.96. The first kappa shape index (κ1) is 13.7. The van der Waals surface area contributed by atoms with Crippen molar-refractivity contribution < 1.29 is 8.78 Å². The number of rotatable bonds is 4. The summed E-state index contributed by atoms with van der Waals surface area (Å²) in [6.07, 6.45) is -2.90. The maximum atomic E-state index is 13.7. The Hall–Kier alpha value is -1.70. The molecule has 0 amide bonds. The van der Waals surface area contributed by atoms with E-state index in [1.54, 1.807) is 6.92 Å². The van der Waals surface area contributed by atoms with Gasteiger partial charge < -0.3 is 0 Å². The molecule has 0 saturated heterocycles. The Bertz CT molecular complexity index is 503. The molecule has 0 bridgehead atoms. The normalized spacial score (nSPS) is 15.8. The standard InChI is InChI=1S/C17H18F2/c1-12(17(19)13(2)18)14-8-10-16(11-9-14)15-6-4-3-5-7-15/h3-13,17H,1-2H3. The van der Waals surface area contributed by atoms with Crippen LogP contribution in [0, 0.1) is 0 Å². The molecular weight excluding hydrogens is 242 g/mol. The van der Waals surface area contributed by atoms with Crippen molar-refractivity contribution in [2.24, 2.45) is 0 Å². The Labute approximate surface area is 113 Å². The number of alkyl halides is 2. The molecular formula is C17H18F2. The van der Waals surface area contributed by atoms with Crippen molar-refractivity contribution in [2.45, 2.75) is 32.1 Å². The summed E-state index contributed by atoms with van der Waals surface area (Å²) in [6, 6.07) is 17.6. The average molecular weight is 260 g/mol. The van der Waals surface area contributed by atoms with Crippen LogP contribution in [0.2, 0.25) is 0 Å². The monoisotopic (exact) mass is 260 g/mol. The van der Waals surface area contributed by atoms with Gasteiger partial charge in [0.05, 0.1) is 0 Å². The summed E-state index contributed by atoms with van der Waals surface area (Å²) < 4.78 is 26.7. The SMILES string of the molecule is CC(F)C(F)C(C)c1ccc(-c2ccccc2)cc1. The molecule has 0 heterocycles. The Morgan fingerprint density at radius 3 is 1.79 bits per heavy atom. The van der Waals surface area contributed by atoms with Gasteiger partial charge in [-0.2, -0.15) is 0 Å². The molecule has 0 nitrogen and oxygen atoms in total. The second-order valence-electron chi connectivity index (χ2n) is 4.90. The van der Waals surface area contributed by atoms with Crippen LogP contribution in [0.25, 0.3) is 11.1 Å². The topological polar surface area (TPSA) is 0 Å². The van der Waals surface area contributed by atoms with Crippen LogP contribution in [0.15, 0.2) is 54.6 Å². The van der Waals surface area contributed by atoms with Crippen molar-refractivity contribution >= 4 is 0 Å². The summed E-state index contributed by atoms with van der Waals surface area (Å²) in [6.45, 7) is 2.98. The smallest absolute Gasteiger partial charge is 0.137 e. The summed E-state index contributed by atoms with van der Waals surface area (Å²) in [5, 5.41) is 0. The lowest BCUT2D eigenvalue weighted by Gasteiger charge is -2.18. The highest BCUT2D eigenvalue weighted by molar-refractivity contribution is 5.63. The molecule has 0 aliphatic heterocycles. The zero-order valence-corrected chi connectivity index (χ0v) is 11.2. The Kier molecular flexibility index (Phi) is 4.31. The van der Waals surface area contributed by atoms with Gasteiger partial charge in [0.2, 0.25) is 0 Å². The van der Waals surface area contributed by atoms with Crippen molar-refractivity contribution in [3.63, 3.8) is 0 Å². The van der Waals surface area contributed by atoms with E-state index in [0.29, 0.717) is 0 Å². The molecule has 0 radical (unpaired) electrons. The highest BCUT2D eigenvalue weighted by Crippen LogP contribution is 2.27. The van der Waals surface area contributed by atoms with Crippen molar-refractivity contribution in [3.05, 3.63) is 60.2 Å². The van der Waals surface area contributed by atoms with Crippen LogP contribution in [-0.2, 0) is 0 Å². The lowest BCUT2D eigenvalue weighted by atomic mass is 9.92. The first-order valence-electron chi connectivity index (χ1n) is 6.53. The maximum absolute atomic E-state index is 13.7. The van der Waals surface area contributed by atoms with Gasteiger partial charge in [0, 0.05) is 5.92 Å². The highest BCUT2D eigenvalue weighted by atomic mass is 19.2. The number of hydrogen-bond acceptors (Lipinski definition) is 0. The Morgan fingerprint density at radius 2 is 1.26 bits per heavy atom. The summed E-state index contributed by atoms with van der Waals surface area (Å²) >= 11 is 0. The van der Waals surface area contributed by atoms with Gasteiger partial charge in [0.25, 0.3) is 0 Å². The Balaban J connectivity index is 2.19. The fourth-order valence-corrected chi connectivity index (χ4v) is 2.19. The van der Waals surface area contributed by atoms with Crippen LogP contribution < -0.4 is 0 Å². The fourth-order valence-electron chi connectivity index (χ4n) is 2.19. The van der Waals surface area contributed by atoms with Gasteiger partial charge in [-0.05, 0) is 23.6 Å². The van der Waals surface area contributed by atoms with Crippen LogP contribution >= 0.6 is 0 Å². The molecule has 19 heavy (non-hydrogen) atoms. The molecule has 3 atom stereocenters. The molecule has 0 aliphatic carbocycles. The molecule has 0 aromatic heterocycles. The average Bonchev–Trinajstić information content (AvgIpc) is 2.46. The summed E-state index contributed by atoms with van der Waals surface area (Å²) in [7, 11) is 0. The van der Waals surface area contributed by atoms with E-state index in [-0.39, 0.29) is 0 Å². The lowest BCUT2D eigenvalue weighted by Crippen LogP contribution is -2.20. The highest BCUT2D eigenvalue weighted by Gasteiger charge is 2.24. The van der Waals surface area contributed by atoms with Crippen molar-refractivity contribution in [2.75, 3.05) is 0 Å². The van der Waals surface area contributed by atoms with E-state index in [9.17, 15) is 8.78 Å². The Morgan fingerprint density at radius 1 is 0.737 bits per heavy atom. The van der Waals surface area contributed by atoms with Gasteiger partial charge >= 0.3 is 0 Å². The summed E-state index contributed by atoms with van der Waals surface area (Å²) in [5.74, 6) is -0.426. The third-order valence-electron chi connectivity index (χ3n) is 3.46. The van der Waals surface area contributed by atoms with Gasteiger partial charge in [0.15, 0.2) is 0 Å². The summed E-state index contributed by atoms with van der Waals surface area (Å²) in [4.78, 5) is 0. The predicted octanol–water partition coefficient (Wildman–Crippen LogP) is 5.15. The van der Waals surface area contributed by atoms with Crippen molar-refractivity contribution in [3.8, 4) is 11.1 Å². The van der Waals surface area contributed by atoms with E-state index in [4.69, 9.17) is 0 Å². The molecule has 100 valence electrons. The van der Waals surface area contributed by atoms with Crippen molar-refractivity contribution in [1.29, 1.82) is 0 Å². The van der Waals surface area contributed by atoms with E-state index in [0.717, 1.165) is 16.7 Å². The minimum atomic E-state index is -1.46. The minimum Gasteiger partial charge on any atom is -0.245 e. The number of halogens is 2. The largest absolute Gasteiger partial charge is 0.245 e. The van der Waals surface area contributed by atoms with Gasteiger partial charge in [-0.3, -0.25) is 0 Å². The molecule has 2 aromatic carbocycles. The fraction of sp³-hybridized carbons (Fsp3) is 0.294. The number of benzene rings is 2. The van der Waals surface area contributed by atoms with E-state index in [1.165, 1.54) is 6.92 Å². The van der Waals surface area contributed by atoms with E-state index < -0.39 is 18.3 Å². The zero-order valence-electron chi connectivity index (χ0n) is 11.2. The van der Waals surface area contributed by atoms with Gasteiger partial charge in [-0.1, -0.05) is 61.5 Å². The summed E-state index contributed by atoms with van der Waals surface area (Å²) in [5.41, 5.74) is 3.04. The molecule has 0 N–H and O–H groups in total. The lowest BCUT2D eigenvalue weighted by molar-refractivity contribution is 0.159. The van der Waals surface area contributed by atoms with Crippen LogP contribution in [0.4, 0.5) is 8.78 Å². The third kappa shape index (κ3) is 3.19. The molecule has 2 aromatic rings. The van der Waals surface area contributed by atoms with Crippen LogP contribution in [0.5, 0.6) is 0 Å². The molecule has 0 spiro atoms. The van der Waals surface area contributed by atoms with E-state index in [1.807, 2.05) is 54.6 Å². The minimum absolute atomic E-state index is 0.426. The molecule has 3 unspecified atom stereocenters. The van der Waals surface area contributed by atoms with E-state index in [2.05, 4.69) is 0 Å². The molecule has 0 aliphatic rings. The van der Waals surface area contributed by atoms with Crippen LogP contribution in [-0.4, -0.2) is 12.3 Å². The number of hydrogen-bond donors (Lipinski definition) is 0. The molecule has 0 fully saturated rings. The van der Waals surface area contributed by atoms with Crippen molar-refractivity contribution in [1.82, 2.24) is 0 Å². The second-order valence-corrected chi connectivity index (χ2v) is 4.90. The van der Waals surface area contributed by atoms with Crippen LogP contribution in [0.3, 0.4) is 0 Å². The third-order valence-corrected chi connectivity index (χ3v) is 3.46. The quantitative estimate of drug-likeness (QED) is 0.713. The molecule has 2 heteroatoms. The first-order chi connectivity index (χ1) is 9.09. The van der Waals surface area contributed by atoms with Gasteiger partial charge in [-0.25, -0.2) is 8.78 Å². The first-order valence-corrected chi connectivity index (χ1v) is 6.53. The maximum Gasteiger partial charge on any atom is 0.137 e. The van der Waals surface area contributed by atoms with Gasteiger partial charge in [0.1, 0.15) is 12.3 Å². The van der Waals surface area contributed by atoms with Gasteiger partial charge in [-0.15, -0.1) is 0 Å². The molecule has 0 saturated carbocycles. The predicted molar refractivity (Wildman–Crippen MR) is 75.8 cm³/mol. The zero-order chi connectivity index (χ0) is 13.8. The van der Waals surface area contributed by atoms with E-state index >= 15 is 0 Å². The van der Waals surface area contributed by atoms with Crippen LogP contribution in [0.1, 0.15) is 25.3 Å². The molecule has 2 rings (SSSR count).